The summed E-state index contributed by atoms with van der Waals surface area (Å²) in [5, 5.41) is 0.994. The molecule has 3 nitrogen and oxygen atoms in total. The fourth-order valence-corrected chi connectivity index (χ4v) is 3.20. The summed E-state index contributed by atoms with van der Waals surface area (Å²) in [6.45, 7) is 2.62. The molecule has 110 valence electrons. The number of amides is 1. The van der Waals surface area contributed by atoms with Crippen molar-refractivity contribution in [2.45, 2.75) is 44.7 Å². The zero-order valence-electron chi connectivity index (χ0n) is 11.6. The van der Waals surface area contributed by atoms with E-state index in [1.807, 2.05) is 11.0 Å². The van der Waals surface area contributed by atoms with Gasteiger partial charge in [-0.05, 0) is 43.9 Å². The van der Waals surface area contributed by atoms with Crippen molar-refractivity contribution in [3.8, 4) is 0 Å². The number of benzene rings is 1. The predicted octanol–water partition coefficient (Wildman–Crippen LogP) is 3.26. The van der Waals surface area contributed by atoms with Gasteiger partial charge in [0, 0.05) is 18.6 Å². The average Bonchev–Trinajstić information content (AvgIpc) is 2.42. The fraction of sp³-hybridized carbons (Fsp3) is 0.533. The number of hydrogen-bond donors (Lipinski definition) is 1. The summed E-state index contributed by atoms with van der Waals surface area (Å²) < 4.78 is 0. The van der Waals surface area contributed by atoms with E-state index in [4.69, 9.17) is 28.9 Å². The second-order valence-electron chi connectivity index (χ2n) is 5.40. The van der Waals surface area contributed by atoms with Crippen LogP contribution in [0, 0.1) is 0 Å². The summed E-state index contributed by atoms with van der Waals surface area (Å²) in [7, 11) is 0. The third-order valence-corrected chi connectivity index (χ3v) is 4.67. The van der Waals surface area contributed by atoms with Gasteiger partial charge in [-0.2, -0.15) is 0 Å². The van der Waals surface area contributed by atoms with Crippen molar-refractivity contribution < 1.29 is 4.79 Å². The largest absolute Gasteiger partial charge is 0.335 e. The van der Waals surface area contributed by atoms with Gasteiger partial charge in [-0.3, -0.25) is 4.79 Å². The van der Waals surface area contributed by atoms with Crippen LogP contribution in [-0.4, -0.2) is 29.4 Å². The third-order valence-electron chi connectivity index (χ3n) is 3.93. The van der Waals surface area contributed by atoms with Crippen LogP contribution in [0.1, 0.15) is 31.7 Å². The Hall–Kier alpha value is -0.770. The first kappa shape index (κ1) is 15.6. The molecule has 1 aromatic carbocycles. The van der Waals surface area contributed by atoms with Crippen LogP contribution in [0.2, 0.25) is 10.0 Å². The van der Waals surface area contributed by atoms with Crippen LogP contribution < -0.4 is 5.73 Å². The van der Waals surface area contributed by atoms with Crippen LogP contribution in [-0.2, 0) is 11.2 Å². The molecule has 2 atom stereocenters. The van der Waals surface area contributed by atoms with E-state index in [1.165, 1.54) is 0 Å². The molecule has 0 saturated carbocycles. The maximum absolute atomic E-state index is 12.5. The highest BCUT2D eigenvalue weighted by Gasteiger charge is 2.30. The minimum Gasteiger partial charge on any atom is -0.335 e. The zero-order valence-corrected chi connectivity index (χ0v) is 13.1. The average molecular weight is 315 g/mol. The van der Waals surface area contributed by atoms with Gasteiger partial charge in [-0.15, -0.1) is 0 Å². The first-order valence-corrected chi connectivity index (χ1v) is 7.73. The molecule has 20 heavy (non-hydrogen) atoms. The minimum atomic E-state index is 0.117. The predicted molar refractivity (Wildman–Crippen MR) is 83.2 cm³/mol. The lowest BCUT2D eigenvalue weighted by molar-refractivity contribution is -0.136. The van der Waals surface area contributed by atoms with Gasteiger partial charge in [0.2, 0.25) is 5.91 Å². The van der Waals surface area contributed by atoms with Crippen LogP contribution in [0.15, 0.2) is 18.2 Å². The Bertz CT molecular complexity index is 493. The summed E-state index contributed by atoms with van der Waals surface area (Å²) in [4.78, 5) is 14.5. The molecule has 1 aromatic rings. The van der Waals surface area contributed by atoms with Crippen LogP contribution in [0.3, 0.4) is 0 Å². The van der Waals surface area contributed by atoms with Gasteiger partial charge in [-0.25, -0.2) is 0 Å². The van der Waals surface area contributed by atoms with Crippen molar-refractivity contribution in [2.75, 3.05) is 6.54 Å². The Morgan fingerprint density at radius 3 is 2.75 bits per heavy atom. The maximum Gasteiger partial charge on any atom is 0.227 e. The summed E-state index contributed by atoms with van der Waals surface area (Å²) in [6, 6.07) is 5.75. The second kappa shape index (κ2) is 6.79. The molecule has 1 aliphatic heterocycles. The standard InChI is InChI=1S/C15H20Cl2N2O/c1-10-3-2-4-12(9-18)19(10)15(20)8-11-5-6-13(16)14(17)7-11/h5-7,10,12H,2-4,8-9,18H2,1H3. The van der Waals surface area contributed by atoms with E-state index in [0.29, 0.717) is 23.0 Å². The molecule has 2 unspecified atom stereocenters. The molecule has 0 radical (unpaired) electrons. The Labute approximate surface area is 130 Å². The molecule has 1 heterocycles. The van der Waals surface area contributed by atoms with Crippen molar-refractivity contribution >= 4 is 29.1 Å². The van der Waals surface area contributed by atoms with E-state index < -0.39 is 0 Å². The lowest BCUT2D eigenvalue weighted by atomic mass is 9.95. The van der Waals surface area contributed by atoms with E-state index in [-0.39, 0.29) is 18.0 Å². The molecular weight excluding hydrogens is 295 g/mol. The topological polar surface area (TPSA) is 46.3 Å². The molecular formula is C15H20Cl2N2O. The monoisotopic (exact) mass is 314 g/mol. The molecule has 0 spiro atoms. The van der Waals surface area contributed by atoms with Crippen molar-refractivity contribution in [1.29, 1.82) is 0 Å². The summed E-state index contributed by atoms with van der Waals surface area (Å²) in [5.74, 6) is 0.117. The molecule has 5 heteroatoms. The number of nitrogens with two attached hydrogens (primary N) is 1. The SMILES string of the molecule is CC1CCCC(CN)N1C(=O)Cc1ccc(Cl)c(Cl)c1. The minimum absolute atomic E-state index is 0.117. The first-order chi connectivity index (χ1) is 9.52. The van der Waals surface area contributed by atoms with E-state index >= 15 is 0 Å². The van der Waals surface area contributed by atoms with Crippen LogP contribution in [0.25, 0.3) is 0 Å². The highest BCUT2D eigenvalue weighted by Crippen LogP contribution is 2.25. The lowest BCUT2D eigenvalue weighted by Gasteiger charge is -2.40. The normalized spacial score (nSPS) is 22.9. The molecule has 2 N–H and O–H groups in total. The summed E-state index contributed by atoms with van der Waals surface area (Å²) in [6.07, 6.45) is 3.52. The van der Waals surface area contributed by atoms with Gasteiger partial charge in [0.15, 0.2) is 0 Å². The highest BCUT2D eigenvalue weighted by molar-refractivity contribution is 6.42. The maximum atomic E-state index is 12.5. The molecule has 1 saturated heterocycles. The van der Waals surface area contributed by atoms with E-state index in [0.717, 1.165) is 24.8 Å². The van der Waals surface area contributed by atoms with Crippen molar-refractivity contribution in [3.05, 3.63) is 33.8 Å². The molecule has 2 rings (SSSR count). The lowest BCUT2D eigenvalue weighted by Crippen LogP contribution is -2.52. The van der Waals surface area contributed by atoms with Gasteiger partial charge >= 0.3 is 0 Å². The molecule has 0 aromatic heterocycles. The number of piperidine rings is 1. The smallest absolute Gasteiger partial charge is 0.227 e. The van der Waals surface area contributed by atoms with Crippen molar-refractivity contribution in [2.24, 2.45) is 5.73 Å². The number of carbonyl (C=O) groups is 1. The quantitative estimate of drug-likeness (QED) is 0.930. The van der Waals surface area contributed by atoms with Gasteiger partial charge in [0.05, 0.1) is 16.5 Å². The molecule has 1 fully saturated rings. The number of likely N-dealkylation sites (tertiary alicyclic amines) is 1. The van der Waals surface area contributed by atoms with Gasteiger partial charge in [0.1, 0.15) is 0 Å². The van der Waals surface area contributed by atoms with Crippen molar-refractivity contribution in [1.82, 2.24) is 4.90 Å². The molecule has 0 aliphatic carbocycles. The molecule has 1 amide bonds. The van der Waals surface area contributed by atoms with Gasteiger partial charge in [-0.1, -0.05) is 29.3 Å². The van der Waals surface area contributed by atoms with E-state index in [1.54, 1.807) is 12.1 Å². The fourth-order valence-electron chi connectivity index (χ4n) is 2.88. The van der Waals surface area contributed by atoms with Crippen molar-refractivity contribution in [3.63, 3.8) is 0 Å². The van der Waals surface area contributed by atoms with E-state index in [2.05, 4.69) is 6.92 Å². The number of nitrogens with zero attached hydrogens (tertiary/aromatic N) is 1. The number of rotatable bonds is 3. The number of halogens is 2. The summed E-state index contributed by atoms with van der Waals surface area (Å²) >= 11 is 11.9. The Balaban J connectivity index is 2.11. The zero-order chi connectivity index (χ0) is 14.7. The first-order valence-electron chi connectivity index (χ1n) is 6.98. The summed E-state index contributed by atoms with van der Waals surface area (Å²) in [5.41, 5.74) is 6.69. The van der Waals surface area contributed by atoms with Gasteiger partial charge in [0.25, 0.3) is 0 Å². The van der Waals surface area contributed by atoms with Crippen LogP contribution in [0.4, 0.5) is 0 Å². The highest BCUT2D eigenvalue weighted by atomic mass is 35.5. The number of hydrogen-bond acceptors (Lipinski definition) is 2. The Kier molecular flexibility index (Phi) is 5.30. The van der Waals surface area contributed by atoms with E-state index in [9.17, 15) is 4.79 Å². The van der Waals surface area contributed by atoms with Crippen LogP contribution in [0.5, 0.6) is 0 Å². The van der Waals surface area contributed by atoms with Crippen LogP contribution >= 0.6 is 23.2 Å². The Morgan fingerprint density at radius 2 is 2.10 bits per heavy atom. The third kappa shape index (κ3) is 3.46. The van der Waals surface area contributed by atoms with Gasteiger partial charge < -0.3 is 10.6 Å². The molecule has 0 bridgehead atoms. The second-order valence-corrected chi connectivity index (χ2v) is 6.21. The molecule has 1 aliphatic rings. The number of carbonyl (C=O) groups excluding carboxylic acids is 1. The Morgan fingerprint density at radius 1 is 1.35 bits per heavy atom.